The lowest BCUT2D eigenvalue weighted by atomic mass is 10.1. The van der Waals surface area contributed by atoms with E-state index in [9.17, 15) is 4.79 Å². The maximum atomic E-state index is 12.3. The number of likely N-dealkylation sites (tertiary alicyclic amines) is 1. The van der Waals surface area contributed by atoms with E-state index in [0.29, 0.717) is 30.4 Å². The maximum Gasteiger partial charge on any atom is 0.319 e. The van der Waals surface area contributed by atoms with E-state index in [1.165, 1.54) is 0 Å². The predicted octanol–water partition coefficient (Wildman–Crippen LogP) is 3.01. The normalized spacial score (nSPS) is 19.5. The lowest BCUT2D eigenvalue weighted by molar-refractivity contribution is 0.243. The van der Waals surface area contributed by atoms with Gasteiger partial charge in [0.05, 0.1) is 6.04 Å². The van der Waals surface area contributed by atoms with Gasteiger partial charge in [0.1, 0.15) is 5.69 Å². The van der Waals surface area contributed by atoms with Crippen LogP contribution in [-0.4, -0.2) is 45.7 Å². The van der Waals surface area contributed by atoms with E-state index in [2.05, 4.69) is 30.7 Å². The predicted molar refractivity (Wildman–Crippen MR) is 105 cm³/mol. The van der Waals surface area contributed by atoms with Crippen molar-refractivity contribution in [3.05, 3.63) is 60.1 Å². The summed E-state index contributed by atoms with van der Waals surface area (Å²) in [7, 11) is 1.98. The zero-order chi connectivity index (χ0) is 19.5. The SMILES string of the molecule is Cc1ccc(NC(=O)N[C@@H]2C[C@@H](c3nc(-c4ccccn4)no3)N(C)C2)cc1. The third-order valence-electron chi connectivity index (χ3n) is 4.81. The molecule has 0 aliphatic carbocycles. The molecule has 4 rings (SSSR count). The van der Waals surface area contributed by atoms with Gasteiger partial charge in [-0.2, -0.15) is 4.98 Å². The number of urea groups is 1. The number of nitrogens with one attached hydrogen (secondary N) is 2. The Morgan fingerprint density at radius 3 is 2.79 bits per heavy atom. The monoisotopic (exact) mass is 378 g/mol. The Morgan fingerprint density at radius 2 is 2.04 bits per heavy atom. The minimum Gasteiger partial charge on any atom is -0.337 e. The molecule has 2 atom stereocenters. The average Bonchev–Trinajstić information content (AvgIpc) is 3.31. The standard InChI is InChI=1S/C20H22N6O2/c1-13-6-8-14(9-7-13)22-20(27)23-15-11-17(26(2)12-15)19-24-18(25-28-19)16-5-3-4-10-21-16/h3-10,15,17H,11-12H2,1-2H3,(H2,22,23,27)/t15-,17+/m1/s1. The van der Waals surface area contributed by atoms with Gasteiger partial charge >= 0.3 is 6.03 Å². The fourth-order valence-electron chi connectivity index (χ4n) is 3.35. The molecule has 1 aliphatic rings. The number of carbonyl (C=O) groups is 1. The van der Waals surface area contributed by atoms with Gasteiger partial charge in [0.25, 0.3) is 0 Å². The molecular formula is C20H22N6O2. The Hall–Kier alpha value is -3.26. The number of carbonyl (C=O) groups excluding carboxylic acids is 1. The summed E-state index contributed by atoms with van der Waals surface area (Å²) in [6.07, 6.45) is 2.39. The molecule has 2 aromatic heterocycles. The lowest BCUT2D eigenvalue weighted by Gasteiger charge is -2.14. The molecule has 2 N–H and O–H groups in total. The van der Waals surface area contributed by atoms with Crippen LogP contribution in [-0.2, 0) is 0 Å². The summed E-state index contributed by atoms with van der Waals surface area (Å²) >= 11 is 0. The number of aromatic nitrogens is 3. The summed E-state index contributed by atoms with van der Waals surface area (Å²) in [5, 5.41) is 9.92. The fraction of sp³-hybridized carbons (Fsp3) is 0.300. The van der Waals surface area contributed by atoms with Crippen LogP contribution in [0.15, 0.2) is 53.2 Å². The van der Waals surface area contributed by atoms with Crippen LogP contribution in [0.5, 0.6) is 0 Å². The summed E-state index contributed by atoms with van der Waals surface area (Å²) in [5.74, 6) is 1.00. The molecule has 1 saturated heterocycles. The molecule has 3 heterocycles. The lowest BCUT2D eigenvalue weighted by Crippen LogP contribution is -2.39. The third kappa shape index (κ3) is 4.01. The van der Waals surface area contributed by atoms with Crippen LogP contribution in [0.25, 0.3) is 11.5 Å². The maximum absolute atomic E-state index is 12.3. The molecule has 1 aliphatic heterocycles. The number of hydrogen-bond acceptors (Lipinski definition) is 6. The van der Waals surface area contributed by atoms with Crippen LogP contribution in [0.1, 0.15) is 23.9 Å². The second-order valence-corrected chi connectivity index (χ2v) is 7.02. The molecule has 2 amide bonds. The first kappa shape index (κ1) is 18.1. The highest BCUT2D eigenvalue weighted by atomic mass is 16.5. The molecule has 8 heteroatoms. The van der Waals surface area contributed by atoms with Crippen LogP contribution < -0.4 is 10.6 Å². The summed E-state index contributed by atoms with van der Waals surface area (Å²) in [6.45, 7) is 2.71. The first-order valence-electron chi connectivity index (χ1n) is 9.18. The van der Waals surface area contributed by atoms with Gasteiger partial charge in [-0.3, -0.25) is 9.88 Å². The van der Waals surface area contributed by atoms with Gasteiger partial charge in [-0.15, -0.1) is 0 Å². The van der Waals surface area contributed by atoms with Gasteiger partial charge in [0.2, 0.25) is 11.7 Å². The van der Waals surface area contributed by atoms with Gasteiger partial charge < -0.3 is 15.2 Å². The molecule has 8 nitrogen and oxygen atoms in total. The highest BCUT2D eigenvalue weighted by Gasteiger charge is 2.35. The van der Waals surface area contributed by atoms with E-state index in [4.69, 9.17) is 4.52 Å². The number of pyridine rings is 1. The van der Waals surface area contributed by atoms with Crippen molar-refractivity contribution in [1.82, 2.24) is 25.3 Å². The van der Waals surface area contributed by atoms with E-state index in [1.54, 1.807) is 6.20 Å². The van der Waals surface area contributed by atoms with Crippen molar-refractivity contribution in [2.45, 2.75) is 25.4 Å². The van der Waals surface area contributed by atoms with Gasteiger partial charge in [0.15, 0.2) is 0 Å². The number of rotatable bonds is 4. The van der Waals surface area contributed by atoms with Crippen molar-refractivity contribution in [2.75, 3.05) is 18.9 Å². The quantitative estimate of drug-likeness (QED) is 0.724. The van der Waals surface area contributed by atoms with E-state index in [1.807, 2.05) is 56.4 Å². The topological polar surface area (TPSA) is 96.2 Å². The Morgan fingerprint density at radius 1 is 1.21 bits per heavy atom. The fourth-order valence-corrected chi connectivity index (χ4v) is 3.35. The summed E-state index contributed by atoms with van der Waals surface area (Å²) in [4.78, 5) is 23.1. The van der Waals surface area contributed by atoms with Gasteiger partial charge in [0, 0.05) is 24.5 Å². The Kier molecular flexibility index (Phi) is 5.03. The van der Waals surface area contributed by atoms with Gasteiger partial charge in [-0.05, 0) is 44.7 Å². The number of benzene rings is 1. The summed E-state index contributed by atoms with van der Waals surface area (Å²) < 4.78 is 5.46. The molecule has 0 radical (unpaired) electrons. The first-order chi connectivity index (χ1) is 13.6. The first-order valence-corrected chi connectivity index (χ1v) is 9.18. The van der Waals surface area contributed by atoms with Crippen LogP contribution in [0.4, 0.5) is 10.5 Å². The molecule has 3 aromatic rings. The van der Waals surface area contributed by atoms with Crippen molar-refractivity contribution >= 4 is 11.7 Å². The third-order valence-corrected chi connectivity index (χ3v) is 4.81. The van der Waals surface area contributed by atoms with E-state index in [-0.39, 0.29) is 18.1 Å². The highest BCUT2D eigenvalue weighted by Crippen LogP contribution is 2.30. The number of likely N-dealkylation sites (N-methyl/N-ethyl adjacent to an activating group) is 1. The number of anilines is 1. The smallest absolute Gasteiger partial charge is 0.319 e. The van der Waals surface area contributed by atoms with E-state index in [0.717, 1.165) is 11.3 Å². The van der Waals surface area contributed by atoms with Crippen LogP contribution >= 0.6 is 0 Å². The summed E-state index contributed by atoms with van der Waals surface area (Å²) in [5.41, 5.74) is 2.59. The van der Waals surface area contributed by atoms with Crippen molar-refractivity contribution in [3.8, 4) is 11.5 Å². The second kappa shape index (κ2) is 7.77. The second-order valence-electron chi connectivity index (χ2n) is 7.02. The molecule has 1 aromatic carbocycles. The molecular weight excluding hydrogens is 356 g/mol. The molecule has 144 valence electrons. The van der Waals surface area contributed by atoms with Crippen LogP contribution in [0, 0.1) is 6.92 Å². The van der Waals surface area contributed by atoms with Gasteiger partial charge in [-0.25, -0.2) is 4.79 Å². The van der Waals surface area contributed by atoms with Crippen LogP contribution in [0.2, 0.25) is 0 Å². The van der Waals surface area contributed by atoms with E-state index >= 15 is 0 Å². The number of amides is 2. The van der Waals surface area contributed by atoms with E-state index < -0.39 is 0 Å². The Balaban J connectivity index is 1.37. The minimum absolute atomic E-state index is 0.00866. The van der Waals surface area contributed by atoms with Crippen molar-refractivity contribution in [1.29, 1.82) is 0 Å². The number of hydrogen-bond donors (Lipinski definition) is 2. The molecule has 0 bridgehead atoms. The average molecular weight is 378 g/mol. The molecule has 0 spiro atoms. The largest absolute Gasteiger partial charge is 0.337 e. The van der Waals surface area contributed by atoms with Crippen molar-refractivity contribution in [2.24, 2.45) is 0 Å². The van der Waals surface area contributed by atoms with Crippen molar-refractivity contribution in [3.63, 3.8) is 0 Å². The summed E-state index contributed by atoms with van der Waals surface area (Å²) in [6, 6.07) is 13.0. The number of aryl methyl sites for hydroxylation is 1. The minimum atomic E-state index is -0.220. The Bertz CT molecular complexity index is 941. The molecule has 1 fully saturated rings. The zero-order valence-corrected chi connectivity index (χ0v) is 15.8. The molecule has 0 saturated carbocycles. The van der Waals surface area contributed by atoms with Gasteiger partial charge in [-0.1, -0.05) is 28.9 Å². The van der Waals surface area contributed by atoms with Crippen LogP contribution in [0.3, 0.4) is 0 Å². The molecule has 28 heavy (non-hydrogen) atoms. The highest BCUT2D eigenvalue weighted by molar-refractivity contribution is 5.89. The zero-order valence-electron chi connectivity index (χ0n) is 15.8. The molecule has 0 unspecified atom stereocenters. The number of nitrogens with zero attached hydrogens (tertiary/aromatic N) is 4. The van der Waals surface area contributed by atoms with Crippen molar-refractivity contribution < 1.29 is 9.32 Å². The Labute approximate surface area is 163 Å².